The van der Waals surface area contributed by atoms with E-state index in [0.717, 1.165) is 0 Å². The minimum Gasteiger partial charge on any atom is -0.348 e. The molecule has 28 heavy (non-hydrogen) atoms. The number of sulfonamides is 1. The number of hydrogen-bond donors (Lipinski definition) is 3. The largest absolute Gasteiger partial charge is 0.348 e. The number of carbonyl (C=O) groups is 1. The number of nitrogens with zero attached hydrogens (tertiary/aromatic N) is 1. The van der Waals surface area contributed by atoms with Gasteiger partial charge in [-0.05, 0) is 48.0 Å². The van der Waals surface area contributed by atoms with Crippen molar-refractivity contribution in [2.75, 3.05) is 5.32 Å². The van der Waals surface area contributed by atoms with Crippen molar-refractivity contribution in [1.29, 1.82) is 0 Å². The average Bonchev–Trinajstić information content (AvgIpc) is 2.66. The number of amides is 1. The maximum absolute atomic E-state index is 13.4. The average molecular weight is 400 g/mol. The Morgan fingerprint density at radius 1 is 1.07 bits per heavy atom. The molecular weight excluding hydrogens is 383 g/mol. The monoisotopic (exact) mass is 400 g/mol. The molecule has 0 spiro atoms. The van der Waals surface area contributed by atoms with E-state index in [0.29, 0.717) is 11.3 Å². The molecule has 3 rings (SSSR count). The van der Waals surface area contributed by atoms with Gasteiger partial charge in [0.1, 0.15) is 11.6 Å². The molecule has 0 aliphatic rings. The zero-order valence-corrected chi connectivity index (χ0v) is 15.4. The van der Waals surface area contributed by atoms with Crippen LogP contribution in [0.4, 0.5) is 15.9 Å². The van der Waals surface area contributed by atoms with Gasteiger partial charge in [0.05, 0.1) is 10.5 Å². The standard InChI is InChI=1S/C19H17FN4O3S/c20-14-5-2-6-15(11-14)24-18-17(8-3-9-22-18)19(25)23-12-13-4-1-7-16(10-13)28(21,26)27/h1-11H,12H2,(H,22,24)(H,23,25)(H2,21,26,27). The van der Waals surface area contributed by atoms with Crippen LogP contribution in [0, 0.1) is 5.82 Å². The normalized spacial score (nSPS) is 11.1. The maximum Gasteiger partial charge on any atom is 0.255 e. The first-order chi connectivity index (χ1) is 13.3. The molecule has 0 unspecified atom stereocenters. The highest BCUT2D eigenvalue weighted by Gasteiger charge is 2.13. The van der Waals surface area contributed by atoms with Gasteiger partial charge in [0.25, 0.3) is 5.91 Å². The molecule has 0 saturated heterocycles. The predicted octanol–water partition coefficient (Wildman–Crippen LogP) is 2.54. The van der Waals surface area contributed by atoms with Gasteiger partial charge < -0.3 is 10.6 Å². The van der Waals surface area contributed by atoms with Crippen molar-refractivity contribution in [3.63, 3.8) is 0 Å². The Morgan fingerprint density at radius 3 is 2.61 bits per heavy atom. The van der Waals surface area contributed by atoms with Crippen LogP contribution in [0.5, 0.6) is 0 Å². The smallest absolute Gasteiger partial charge is 0.255 e. The fraction of sp³-hybridized carbons (Fsp3) is 0.0526. The highest BCUT2D eigenvalue weighted by Crippen LogP contribution is 2.19. The number of rotatable bonds is 6. The van der Waals surface area contributed by atoms with Gasteiger partial charge in [-0.3, -0.25) is 4.79 Å². The Kier molecular flexibility index (Phi) is 5.67. The van der Waals surface area contributed by atoms with Crippen LogP contribution in [-0.2, 0) is 16.6 Å². The fourth-order valence-corrected chi connectivity index (χ4v) is 3.08. The van der Waals surface area contributed by atoms with Gasteiger partial charge >= 0.3 is 0 Å². The summed E-state index contributed by atoms with van der Waals surface area (Å²) in [6.07, 6.45) is 1.51. The van der Waals surface area contributed by atoms with E-state index in [1.165, 1.54) is 30.5 Å². The van der Waals surface area contributed by atoms with Crippen LogP contribution in [0.1, 0.15) is 15.9 Å². The minimum atomic E-state index is -3.82. The third-order valence-corrected chi connectivity index (χ3v) is 4.73. The Morgan fingerprint density at radius 2 is 1.86 bits per heavy atom. The lowest BCUT2D eigenvalue weighted by Gasteiger charge is -2.11. The molecule has 0 atom stereocenters. The predicted molar refractivity (Wildman–Crippen MR) is 103 cm³/mol. The molecule has 4 N–H and O–H groups in total. The van der Waals surface area contributed by atoms with Crippen LogP contribution < -0.4 is 15.8 Å². The summed E-state index contributed by atoms with van der Waals surface area (Å²) < 4.78 is 36.2. The molecule has 1 aromatic heterocycles. The summed E-state index contributed by atoms with van der Waals surface area (Å²) >= 11 is 0. The number of pyridine rings is 1. The van der Waals surface area contributed by atoms with Crippen LogP contribution in [0.25, 0.3) is 0 Å². The first-order valence-electron chi connectivity index (χ1n) is 8.20. The Labute approximate surface area is 161 Å². The number of nitrogens with one attached hydrogen (secondary N) is 2. The molecular formula is C19H17FN4O3S. The van der Waals surface area contributed by atoms with Gasteiger partial charge in [0, 0.05) is 18.4 Å². The summed E-state index contributed by atoms with van der Waals surface area (Å²) in [7, 11) is -3.82. The van der Waals surface area contributed by atoms with Crippen molar-refractivity contribution in [3.05, 3.63) is 83.8 Å². The summed E-state index contributed by atoms with van der Waals surface area (Å²) in [5.41, 5.74) is 1.28. The SMILES string of the molecule is NS(=O)(=O)c1cccc(CNC(=O)c2cccnc2Nc2cccc(F)c2)c1. The zero-order chi connectivity index (χ0) is 20.1. The molecule has 9 heteroatoms. The van der Waals surface area contributed by atoms with Crippen molar-refractivity contribution in [1.82, 2.24) is 10.3 Å². The van der Waals surface area contributed by atoms with Crippen molar-refractivity contribution in [2.24, 2.45) is 5.14 Å². The number of hydrogen-bond acceptors (Lipinski definition) is 5. The van der Waals surface area contributed by atoms with E-state index >= 15 is 0 Å². The molecule has 144 valence electrons. The lowest BCUT2D eigenvalue weighted by atomic mass is 10.2. The van der Waals surface area contributed by atoms with E-state index in [4.69, 9.17) is 5.14 Å². The van der Waals surface area contributed by atoms with Crippen molar-refractivity contribution in [2.45, 2.75) is 11.4 Å². The third-order valence-electron chi connectivity index (χ3n) is 3.82. The molecule has 0 aliphatic heterocycles. The number of benzene rings is 2. The Balaban J connectivity index is 1.75. The first kappa shape index (κ1) is 19.5. The Bertz CT molecular complexity index is 1120. The van der Waals surface area contributed by atoms with Gasteiger partial charge in [0.15, 0.2) is 0 Å². The van der Waals surface area contributed by atoms with Crippen molar-refractivity contribution in [3.8, 4) is 0 Å². The second-order valence-electron chi connectivity index (χ2n) is 5.91. The van der Waals surface area contributed by atoms with Crippen molar-refractivity contribution < 1.29 is 17.6 Å². The molecule has 2 aromatic carbocycles. The van der Waals surface area contributed by atoms with Crippen LogP contribution in [0.3, 0.4) is 0 Å². The van der Waals surface area contributed by atoms with Crippen LogP contribution in [-0.4, -0.2) is 19.3 Å². The molecule has 1 amide bonds. The topological polar surface area (TPSA) is 114 Å². The van der Waals surface area contributed by atoms with Gasteiger partial charge in [-0.1, -0.05) is 18.2 Å². The van der Waals surface area contributed by atoms with E-state index in [2.05, 4.69) is 15.6 Å². The molecule has 7 nitrogen and oxygen atoms in total. The highest BCUT2D eigenvalue weighted by molar-refractivity contribution is 7.89. The maximum atomic E-state index is 13.4. The summed E-state index contributed by atoms with van der Waals surface area (Å²) in [4.78, 5) is 16.7. The van der Waals surface area contributed by atoms with E-state index in [1.54, 1.807) is 36.4 Å². The van der Waals surface area contributed by atoms with Crippen LogP contribution in [0.2, 0.25) is 0 Å². The fourth-order valence-electron chi connectivity index (χ4n) is 2.50. The minimum absolute atomic E-state index is 0.0333. The molecule has 0 saturated carbocycles. The summed E-state index contributed by atoms with van der Waals surface area (Å²) in [6, 6.07) is 15.0. The number of carbonyl (C=O) groups excluding carboxylic acids is 1. The molecule has 0 radical (unpaired) electrons. The van der Waals surface area contributed by atoms with E-state index < -0.39 is 21.7 Å². The summed E-state index contributed by atoms with van der Waals surface area (Å²) in [6.45, 7) is 0.0937. The van der Waals surface area contributed by atoms with Gasteiger partial charge in [-0.15, -0.1) is 0 Å². The van der Waals surface area contributed by atoms with Gasteiger partial charge in [-0.25, -0.2) is 22.9 Å². The lowest BCUT2D eigenvalue weighted by molar-refractivity contribution is 0.0951. The Hall–Kier alpha value is -3.30. The zero-order valence-electron chi connectivity index (χ0n) is 14.6. The van der Waals surface area contributed by atoms with E-state index in [9.17, 15) is 17.6 Å². The second kappa shape index (κ2) is 8.15. The molecule has 0 fully saturated rings. The number of aromatic nitrogens is 1. The molecule has 0 aliphatic carbocycles. The quantitative estimate of drug-likeness (QED) is 0.588. The number of anilines is 2. The molecule has 0 bridgehead atoms. The van der Waals surface area contributed by atoms with Gasteiger partial charge in [-0.2, -0.15) is 0 Å². The summed E-state index contributed by atoms with van der Waals surface area (Å²) in [5, 5.41) is 10.7. The number of primary sulfonamides is 1. The van der Waals surface area contributed by atoms with Crippen molar-refractivity contribution >= 4 is 27.4 Å². The number of nitrogens with two attached hydrogens (primary N) is 1. The van der Waals surface area contributed by atoms with E-state index in [-0.39, 0.29) is 22.8 Å². The first-order valence-corrected chi connectivity index (χ1v) is 9.75. The van der Waals surface area contributed by atoms with Crippen LogP contribution in [0.15, 0.2) is 71.8 Å². The van der Waals surface area contributed by atoms with E-state index in [1.807, 2.05) is 0 Å². The molecule has 3 aromatic rings. The van der Waals surface area contributed by atoms with Crippen LogP contribution >= 0.6 is 0 Å². The highest BCUT2D eigenvalue weighted by atomic mass is 32.2. The lowest BCUT2D eigenvalue weighted by Crippen LogP contribution is -2.24. The molecule has 1 heterocycles. The second-order valence-corrected chi connectivity index (χ2v) is 7.47. The number of halogens is 1. The third kappa shape index (κ3) is 4.90. The van der Waals surface area contributed by atoms with Gasteiger partial charge in [0.2, 0.25) is 10.0 Å². The summed E-state index contributed by atoms with van der Waals surface area (Å²) in [5.74, 6) is -0.571.